The van der Waals surface area contributed by atoms with Gasteiger partial charge in [0.1, 0.15) is 0 Å². The molecule has 322 valence electrons. The van der Waals surface area contributed by atoms with Crippen molar-refractivity contribution in [2.45, 2.75) is 17.2 Å². The Labute approximate surface area is 401 Å². The monoisotopic (exact) mass is 888 g/mol. The summed E-state index contributed by atoms with van der Waals surface area (Å²) in [6.45, 7) is 0. The number of hydrogen-bond acceptors (Lipinski definition) is 4. The van der Waals surface area contributed by atoms with Crippen molar-refractivity contribution in [3.8, 4) is 61.8 Å². The van der Waals surface area contributed by atoms with Crippen molar-refractivity contribution in [2.75, 3.05) is 0 Å². The lowest BCUT2D eigenvalue weighted by molar-refractivity contribution is 0.867. The third-order valence-electron chi connectivity index (χ3n) is 13.1. The minimum atomic E-state index is 0.135. The molecule has 0 fully saturated rings. The Bertz CT molecular complexity index is 3630. The van der Waals surface area contributed by atoms with Crippen molar-refractivity contribution >= 4 is 45.6 Å². The first-order valence-corrected chi connectivity index (χ1v) is 23.5. The lowest BCUT2D eigenvalue weighted by Crippen LogP contribution is -2.08. The van der Waals surface area contributed by atoms with E-state index in [4.69, 9.17) is 27.6 Å². The standard InChI is InChI=1S/C63H44N4S/c68-59-33-19-17-30-52(59)47-34-35-58-56(39-47)53-31-16-18-32-57(53)67(58)60-54(44-24-10-3-11-25-44)40-51(41-55(60)45-26-12-4-13-27-45)63-65-61(46-28-14-5-15-29-46)64-62(66-63)50-37-48(42-20-6-1-7-21-42)36-49(38-50)43-22-8-2-9-23-43/h1-35,37-41,48,68H,36H2. The van der Waals surface area contributed by atoms with Gasteiger partial charge in [-0.1, -0.05) is 200 Å². The second-order valence-electron chi connectivity index (χ2n) is 17.3. The normalized spacial score (nSPS) is 13.6. The molecule has 1 aliphatic carbocycles. The van der Waals surface area contributed by atoms with Crippen molar-refractivity contribution in [1.82, 2.24) is 19.5 Å². The molecule has 0 spiro atoms. The molecule has 11 aromatic rings. The van der Waals surface area contributed by atoms with Crippen LogP contribution in [0, 0.1) is 0 Å². The van der Waals surface area contributed by atoms with Gasteiger partial charge in [0.15, 0.2) is 17.5 Å². The van der Waals surface area contributed by atoms with Crippen LogP contribution in [0.15, 0.2) is 248 Å². The third-order valence-corrected chi connectivity index (χ3v) is 13.5. The van der Waals surface area contributed by atoms with E-state index >= 15 is 0 Å². The average Bonchev–Trinajstić information content (AvgIpc) is 3.75. The first kappa shape index (κ1) is 41.1. The van der Waals surface area contributed by atoms with Gasteiger partial charge in [0.2, 0.25) is 0 Å². The van der Waals surface area contributed by atoms with E-state index in [0.717, 1.165) is 78.1 Å². The van der Waals surface area contributed by atoms with Crippen LogP contribution in [0.4, 0.5) is 0 Å². The molecule has 0 amide bonds. The van der Waals surface area contributed by atoms with Crippen molar-refractivity contribution in [1.29, 1.82) is 0 Å². The number of allylic oxidation sites excluding steroid dienone is 4. The maximum Gasteiger partial charge on any atom is 0.164 e. The Morgan fingerprint density at radius 1 is 0.397 bits per heavy atom. The van der Waals surface area contributed by atoms with Crippen LogP contribution >= 0.6 is 12.6 Å². The lowest BCUT2D eigenvalue weighted by Gasteiger charge is -2.23. The Morgan fingerprint density at radius 3 is 1.56 bits per heavy atom. The first-order valence-electron chi connectivity index (χ1n) is 23.1. The molecule has 2 aromatic heterocycles. The van der Waals surface area contributed by atoms with Crippen molar-refractivity contribution in [3.05, 3.63) is 260 Å². The molecule has 0 saturated heterocycles. The van der Waals surface area contributed by atoms with Crippen LogP contribution in [0.25, 0.3) is 94.8 Å². The molecule has 2 heterocycles. The Hall–Kier alpha value is -8.38. The second kappa shape index (κ2) is 17.8. The fraction of sp³-hybridized carbons (Fsp3) is 0.0317. The predicted molar refractivity (Wildman–Crippen MR) is 285 cm³/mol. The molecule has 0 N–H and O–H groups in total. The van der Waals surface area contributed by atoms with E-state index in [1.807, 2.05) is 24.3 Å². The van der Waals surface area contributed by atoms with Gasteiger partial charge in [0, 0.05) is 49.4 Å². The number of fused-ring (bicyclic) bond motifs is 3. The highest BCUT2D eigenvalue weighted by Gasteiger charge is 2.25. The number of aromatic nitrogens is 4. The van der Waals surface area contributed by atoms with Gasteiger partial charge in [-0.05, 0) is 87.8 Å². The molecular formula is C63H44N4S. The van der Waals surface area contributed by atoms with Crippen molar-refractivity contribution < 1.29 is 0 Å². The fourth-order valence-electron chi connectivity index (χ4n) is 9.84. The Balaban J connectivity index is 1.13. The Morgan fingerprint density at radius 2 is 0.912 bits per heavy atom. The van der Waals surface area contributed by atoms with E-state index < -0.39 is 0 Å². The molecule has 9 aromatic carbocycles. The number of hydrogen-bond donors (Lipinski definition) is 1. The maximum atomic E-state index is 5.47. The van der Waals surface area contributed by atoms with E-state index in [-0.39, 0.29) is 5.92 Å². The summed E-state index contributed by atoms with van der Waals surface area (Å²) in [7, 11) is 0. The molecular weight excluding hydrogens is 845 g/mol. The van der Waals surface area contributed by atoms with Crippen LogP contribution in [0.2, 0.25) is 0 Å². The second-order valence-corrected chi connectivity index (χ2v) is 17.8. The van der Waals surface area contributed by atoms with Gasteiger partial charge in [-0.25, -0.2) is 15.0 Å². The van der Waals surface area contributed by atoms with E-state index in [0.29, 0.717) is 17.5 Å². The van der Waals surface area contributed by atoms with E-state index in [1.165, 1.54) is 27.5 Å². The fourth-order valence-corrected chi connectivity index (χ4v) is 10.1. The molecule has 4 nitrogen and oxygen atoms in total. The average molecular weight is 889 g/mol. The van der Waals surface area contributed by atoms with Crippen LogP contribution in [0.1, 0.15) is 29.3 Å². The van der Waals surface area contributed by atoms with Crippen LogP contribution < -0.4 is 0 Å². The van der Waals surface area contributed by atoms with Crippen LogP contribution in [-0.2, 0) is 0 Å². The van der Waals surface area contributed by atoms with E-state index in [1.54, 1.807) is 0 Å². The summed E-state index contributed by atoms with van der Waals surface area (Å²) in [5, 5.41) is 2.35. The van der Waals surface area contributed by atoms with E-state index in [2.05, 4.69) is 223 Å². The summed E-state index contributed by atoms with van der Waals surface area (Å²) >= 11 is 4.86. The van der Waals surface area contributed by atoms with Gasteiger partial charge in [-0.2, -0.15) is 0 Å². The zero-order valence-electron chi connectivity index (χ0n) is 37.1. The van der Waals surface area contributed by atoms with Gasteiger partial charge in [-0.3, -0.25) is 0 Å². The highest BCUT2D eigenvalue weighted by Crippen LogP contribution is 2.45. The molecule has 12 rings (SSSR count). The van der Waals surface area contributed by atoms with Crippen molar-refractivity contribution in [3.63, 3.8) is 0 Å². The SMILES string of the molecule is Sc1ccccc1-c1ccc2c(c1)c1ccccc1n2-c1c(-c2ccccc2)cc(-c2nc(C3=CC(c4ccccc4)CC(c4ccccc4)=C3)nc(-c3ccccc3)n2)cc1-c1ccccc1. The summed E-state index contributed by atoms with van der Waals surface area (Å²) in [6.07, 6.45) is 5.49. The van der Waals surface area contributed by atoms with Crippen LogP contribution in [0.5, 0.6) is 0 Å². The molecule has 5 heteroatoms. The molecule has 68 heavy (non-hydrogen) atoms. The minimum absolute atomic E-state index is 0.135. The lowest BCUT2D eigenvalue weighted by atomic mass is 9.83. The number of para-hydroxylation sites is 1. The predicted octanol–water partition coefficient (Wildman–Crippen LogP) is 16.2. The van der Waals surface area contributed by atoms with Gasteiger partial charge < -0.3 is 4.57 Å². The van der Waals surface area contributed by atoms with Gasteiger partial charge >= 0.3 is 0 Å². The highest BCUT2D eigenvalue weighted by atomic mass is 32.1. The largest absolute Gasteiger partial charge is 0.308 e. The first-order chi connectivity index (χ1) is 33.6. The van der Waals surface area contributed by atoms with Crippen molar-refractivity contribution in [2.24, 2.45) is 0 Å². The summed E-state index contributed by atoms with van der Waals surface area (Å²) < 4.78 is 2.45. The molecule has 0 aliphatic heterocycles. The quantitative estimate of drug-likeness (QED) is 0.147. The van der Waals surface area contributed by atoms with Gasteiger partial charge in [0.25, 0.3) is 0 Å². The van der Waals surface area contributed by atoms with Gasteiger partial charge in [0.05, 0.1) is 16.7 Å². The van der Waals surface area contributed by atoms with Gasteiger partial charge in [-0.15, -0.1) is 12.6 Å². The number of benzene rings is 9. The molecule has 1 aliphatic rings. The molecule has 0 saturated carbocycles. The summed E-state index contributed by atoms with van der Waals surface area (Å²) in [5.41, 5.74) is 16.3. The Kier molecular flexibility index (Phi) is 10.7. The summed E-state index contributed by atoms with van der Waals surface area (Å²) in [6, 6.07) is 81.5. The highest BCUT2D eigenvalue weighted by molar-refractivity contribution is 7.80. The summed E-state index contributed by atoms with van der Waals surface area (Å²) in [4.78, 5) is 17.1. The number of rotatable bonds is 9. The number of nitrogens with zero attached hydrogens (tertiary/aromatic N) is 4. The summed E-state index contributed by atoms with van der Waals surface area (Å²) in [5.74, 6) is 1.99. The zero-order chi connectivity index (χ0) is 45.4. The number of thiol groups is 1. The molecule has 1 atom stereocenters. The molecule has 0 bridgehead atoms. The maximum absolute atomic E-state index is 5.47. The van der Waals surface area contributed by atoms with Crippen LogP contribution in [0.3, 0.4) is 0 Å². The third kappa shape index (κ3) is 7.73. The topological polar surface area (TPSA) is 43.6 Å². The molecule has 1 unspecified atom stereocenters. The minimum Gasteiger partial charge on any atom is -0.308 e. The smallest absolute Gasteiger partial charge is 0.164 e. The van der Waals surface area contributed by atoms with Crippen LogP contribution in [-0.4, -0.2) is 19.5 Å². The zero-order valence-corrected chi connectivity index (χ0v) is 38.0. The molecule has 0 radical (unpaired) electrons. The van der Waals surface area contributed by atoms with E-state index in [9.17, 15) is 0 Å².